The summed E-state index contributed by atoms with van der Waals surface area (Å²) in [7, 11) is 0. The molecule has 102 valence electrons. The van der Waals surface area contributed by atoms with Crippen molar-refractivity contribution in [2.75, 3.05) is 18.0 Å². The van der Waals surface area contributed by atoms with Crippen molar-refractivity contribution < 1.29 is 14.8 Å². The molecule has 0 atom stereocenters. The summed E-state index contributed by atoms with van der Waals surface area (Å²) in [6, 6.07) is 4.32. The molecule has 0 amide bonds. The van der Waals surface area contributed by atoms with Gasteiger partial charge in [0.05, 0.1) is 4.92 Å². The normalized spacial score (nSPS) is 16.4. The van der Waals surface area contributed by atoms with E-state index >= 15 is 0 Å². The second-order valence-corrected chi connectivity index (χ2v) is 4.93. The number of carboxylic acids is 1. The molecule has 1 fully saturated rings. The lowest BCUT2D eigenvalue weighted by atomic mass is 9.98. The summed E-state index contributed by atoms with van der Waals surface area (Å²) in [5.41, 5.74) is 0.117. The summed E-state index contributed by atoms with van der Waals surface area (Å²) < 4.78 is 0. The lowest BCUT2D eigenvalue weighted by Crippen LogP contribution is -2.32. The van der Waals surface area contributed by atoms with Crippen LogP contribution < -0.4 is 4.90 Å². The standard InChI is InChI=1S/C13H16N2O4/c1-9-4-6-14(7-5-9)10-2-3-11(13(16)17)12(8-10)15(18)19/h2-3,8-9H,4-7H2,1H3,(H,16,17). The highest BCUT2D eigenvalue weighted by atomic mass is 16.6. The predicted octanol–water partition coefficient (Wildman–Crippen LogP) is 2.53. The molecule has 1 N–H and O–H groups in total. The molecule has 0 spiro atoms. The number of benzene rings is 1. The summed E-state index contributed by atoms with van der Waals surface area (Å²) in [5, 5.41) is 19.9. The molecule has 2 rings (SSSR count). The number of hydrogen-bond acceptors (Lipinski definition) is 4. The van der Waals surface area contributed by atoms with Crippen molar-refractivity contribution >= 4 is 17.3 Å². The minimum absolute atomic E-state index is 0.265. The average Bonchev–Trinajstić information content (AvgIpc) is 2.38. The first kappa shape index (κ1) is 13.3. The molecule has 6 nitrogen and oxygen atoms in total. The van der Waals surface area contributed by atoms with Crippen LogP contribution in [0.25, 0.3) is 0 Å². The van der Waals surface area contributed by atoms with E-state index in [9.17, 15) is 14.9 Å². The van der Waals surface area contributed by atoms with Crippen LogP contribution in [-0.4, -0.2) is 29.1 Å². The molecular formula is C13H16N2O4. The van der Waals surface area contributed by atoms with Crippen molar-refractivity contribution in [1.29, 1.82) is 0 Å². The Morgan fingerprint density at radius 1 is 1.42 bits per heavy atom. The number of anilines is 1. The Morgan fingerprint density at radius 3 is 2.58 bits per heavy atom. The predicted molar refractivity (Wildman–Crippen MR) is 70.7 cm³/mol. The molecule has 0 radical (unpaired) electrons. The van der Waals surface area contributed by atoms with Gasteiger partial charge in [0, 0.05) is 24.8 Å². The molecule has 0 aliphatic carbocycles. The SMILES string of the molecule is CC1CCN(c2ccc(C(=O)O)c([N+](=O)[O-])c2)CC1. The van der Waals surface area contributed by atoms with Gasteiger partial charge in [-0.2, -0.15) is 0 Å². The Hall–Kier alpha value is -2.11. The molecule has 1 aliphatic rings. The van der Waals surface area contributed by atoms with E-state index in [0.29, 0.717) is 5.92 Å². The molecule has 0 aromatic heterocycles. The maximum atomic E-state index is 10.9. The first-order valence-corrected chi connectivity index (χ1v) is 6.25. The number of carbonyl (C=O) groups is 1. The van der Waals surface area contributed by atoms with Crippen LogP contribution in [0.3, 0.4) is 0 Å². The molecule has 19 heavy (non-hydrogen) atoms. The Morgan fingerprint density at radius 2 is 2.05 bits per heavy atom. The Kier molecular flexibility index (Phi) is 3.69. The van der Waals surface area contributed by atoms with Gasteiger partial charge in [0.25, 0.3) is 5.69 Å². The first-order chi connectivity index (χ1) is 8.99. The number of hydrogen-bond donors (Lipinski definition) is 1. The van der Waals surface area contributed by atoms with Gasteiger partial charge in [0.1, 0.15) is 5.56 Å². The van der Waals surface area contributed by atoms with Gasteiger partial charge in [0.2, 0.25) is 0 Å². The van der Waals surface area contributed by atoms with Crippen LogP contribution in [0.4, 0.5) is 11.4 Å². The molecule has 1 aliphatic heterocycles. The van der Waals surface area contributed by atoms with E-state index in [-0.39, 0.29) is 11.3 Å². The number of nitrogens with zero attached hydrogens (tertiary/aromatic N) is 2. The zero-order valence-corrected chi connectivity index (χ0v) is 10.7. The van der Waals surface area contributed by atoms with E-state index in [2.05, 4.69) is 11.8 Å². The largest absolute Gasteiger partial charge is 0.477 e. The molecule has 0 bridgehead atoms. The molecule has 0 saturated carbocycles. The van der Waals surface area contributed by atoms with E-state index in [1.165, 1.54) is 12.1 Å². The van der Waals surface area contributed by atoms with Gasteiger partial charge in [0.15, 0.2) is 0 Å². The number of nitro benzene ring substituents is 1. The molecular weight excluding hydrogens is 248 g/mol. The van der Waals surface area contributed by atoms with Crippen molar-refractivity contribution in [2.45, 2.75) is 19.8 Å². The van der Waals surface area contributed by atoms with E-state index in [1.54, 1.807) is 6.07 Å². The molecule has 1 saturated heterocycles. The third-order valence-electron chi connectivity index (χ3n) is 3.56. The Bertz CT molecular complexity index is 507. The summed E-state index contributed by atoms with van der Waals surface area (Å²) in [6.07, 6.45) is 2.10. The van der Waals surface area contributed by atoms with E-state index in [0.717, 1.165) is 31.6 Å². The van der Waals surface area contributed by atoms with Gasteiger partial charge in [-0.1, -0.05) is 6.92 Å². The van der Waals surface area contributed by atoms with Crippen molar-refractivity contribution in [2.24, 2.45) is 5.92 Å². The van der Waals surface area contributed by atoms with Crippen molar-refractivity contribution in [3.63, 3.8) is 0 Å². The second-order valence-electron chi connectivity index (χ2n) is 4.93. The summed E-state index contributed by atoms with van der Waals surface area (Å²) in [5.74, 6) is -0.602. The first-order valence-electron chi connectivity index (χ1n) is 6.25. The van der Waals surface area contributed by atoms with Crippen LogP contribution in [0.15, 0.2) is 18.2 Å². The third-order valence-corrected chi connectivity index (χ3v) is 3.56. The molecule has 1 aromatic rings. The zero-order valence-electron chi connectivity index (χ0n) is 10.7. The fourth-order valence-corrected chi connectivity index (χ4v) is 2.32. The minimum atomic E-state index is -1.27. The highest BCUT2D eigenvalue weighted by Gasteiger charge is 2.23. The molecule has 1 heterocycles. The van der Waals surface area contributed by atoms with Gasteiger partial charge in [-0.15, -0.1) is 0 Å². The fraction of sp³-hybridized carbons (Fsp3) is 0.462. The van der Waals surface area contributed by atoms with Gasteiger partial charge < -0.3 is 10.0 Å². The van der Waals surface area contributed by atoms with Crippen molar-refractivity contribution in [3.05, 3.63) is 33.9 Å². The lowest BCUT2D eigenvalue weighted by molar-refractivity contribution is -0.385. The smallest absolute Gasteiger partial charge is 0.342 e. The average molecular weight is 264 g/mol. The number of nitro groups is 1. The lowest BCUT2D eigenvalue weighted by Gasteiger charge is -2.32. The van der Waals surface area contributed by atoms with Crippen LogP contribution in [0.1, 0.15) is 30.1 Å². The van der Waals surface area contributed by atoms with Gasteiger partial charge >= 0.3 is 5.97 Å². The zero-order chi connectivity index (χ0) is 14.0. The fourth-order valence-electron chi connectivity index (χ4n) is 2.32. The van der Waals surface area contributed by atoms with Crippen molar-refractivity contribution in [1.82, 2.24) is 0 Å². The van der Waals surface area contributed by atoms with E-state index < -0.39 is 10.9 Å². The maximum absolute atomic E-state index is 10.9. The van der Waals surface area contributed by atoms with Crippen LogP contribution in [0.5, 0.6) is 0 Å². The number of rotatable bonds is 3. The van der Waals surface area contributed by atoms with Crippen LogP contribution in [-0.2, 0) is 0 Å². The highest BCUT2D eigenvalue weighted by molar-refractivity contribution is 5.93. The monoisotopic (exact) mass is 264 g/mol. The van der Waals surface area contributed by atoms with E-state index in [4.69, 9.17) is 5.11 Å². The summed E-state index contributed by atoms with van der Waals surface area (Å²) in [6.45, 7) is 3.89. The number of piperidine rings is 1. The number of aromatic carboxylic acids is 1. The summed E-state index contributed by atoms with van der Waals surface area (Å²) >= 11 is 0. The highest BCUT2D eigenvalue weighted by Crippen LogP contribution is 2.28. The van der Waals surface area contributed by atoms with Crippen molar-refractivity contribution in [3.8, 4) is 0 Å². The van der Waals surface area contributed by atoms with E-state index in [1.807, 2.05) is 0 Å². The topological polar surface area (TPSA) is 83.7 Å². The Labute approximate surface area is 110 Å². The van der Waals surface area contributed by atoms with Crippen LogP contribution >= 0.6 is 0 Å². The summed E-state index contributed by atoms with van der Waals surface area (Å²) in [4.78, 5) is 23.3. The third kappa shape index (κ3) is 2.83. The van der Waals surface area contributed by atoms with Gasteiger partial charge in [-0.25, -0.2) is 4.79 Å². The Balaban J connectivity index is 2.30. The van der Waals surface area contributed by atoms with Gasteiger partial charge in [-0.05, 0) is 30.9 Å². The molecule has 0 unspecified atom stereocenters. The minimum Gasteiger partial charge on any atom is -0.477 e. The second kappa shape index (κ2) is 5.26. The molecule has 6 heteroatoms. The maximum Gasteiger partial charge on any atom is 0.342 e. The van der Waals surface area contributed by atoms with Crippen LogP contribution in [0.2, 0.25) is 0 Å². The van der Waals surface area contributed by atoms with Crippen LogP contribution in [0, 0.1) is 16.0 Å². The number of carboxylic acid groups (broad SMARTS) is 1. The molecule has 1 aromatic carbocycles. The quantitative estimate of drug-likeness (QED) is 0.670. The van der Waals surface area contributed by atoms with Gasteiger partial charge in [-0.3, -0.25) is 10.1 Å².